The molecule has 2 rings (SSSR count). The number of aliphatic imine (C=N–C) groups is 2. The van der Waals surface area contributed by atoms with Crippen molar-refractivity contribution in [3.63, 3.8) is 0 Å². The fourth-order valence-corrected chi connectivity index (χ4v) is 2.33. The molecule has 0 aliphatic carbocycles. The van der Waals surface area contributed by atoms with Crippen molar-refractivity contribution >= 4 is 46.9 Å². The fraction of sp³-hybridized carbons (Fsp3) is 0.238. The second-order valence-electron chi connectivity index (χ2n) is 6.07. The third kappa shape index (κ3) is 9.29. The zero-order chi connectivity index (χ0) is 22.3. The van der Waals surface area contributed by atoms with Gasteiger partial charge in [-0.3, -0.25) is 10.1 Å². The molecule has 160 valence electrons. The highest BCUT2D eigenvalue weighted by Gasteiger charge is 2.05. The van der Waals surface area contributed by atoms with Crippen molar-refractivity contribution in [1.29, 1.82) is 0 Å². The molecule has 0 unspecified atom stereocenters. The predicted octanol–water partition coefficient (Wildman–Crippen LogP) is 3.61. The number of amides is 2. The van der Waals surface area contributed by atoms with Gasteiger partial charge in [0.05, 0.1) is 18.0 Å². The van der Waals surface area contributed by atoms with E-state index >= 15 is 0 Å². The first kappa shape index (κ1) is 23.2. The Kier molecular flexibility index (Phi) is 9.86. The number of hydrogen-bond acceptors (Lipinski definition) is 8. The Labute approximate surface area is 178 Å². The Morgan fingerprint density at radius 3 is 1.84 bits per heavy atom. The number of nitrogens with zero attached hydrogens (tertiary/aromatic N) is 2. The first-order valence-electron chi connectivity index (χ1n) is 9.28. The number of carbonyl (C=O) groups is 2. The summed E-state index contributed by atoms with van der Waals surface area (Å²) >= 11 is 0. The van der Waals surface area contributed by atoms with Gasteiger partial charge in [0.1, 0.15) is 6.61 Å². The molecule has 0 fully saturated rings. The van der Waals surface area contributed by atoms with Crippen molar-refractivity contribution in [3.05, 3.63) is 48.5 Å². The van der Waals surface area contributed by atoms with E-state index in [1.165, 1.54) is 12.2 Å². The molecule has 0 aliphatic rings. The molecule has 2 aromatic carbocycles. The van der Waals surface area contributed by atoms with Gasteiger partial charge in [-0.1, -0.05) is 0 Å². The topological polar surface area (TPSA) is 136 Å². The molecule has 0 saturated heterocycles. The average molecular weight is 424 g/mol. The molecule has 0 bridgehead atoms. The van der Waals surface area contributed by atoms with Crippen LogP contribution in [0.3, 0.4) is 0 Å². The zero-order valence-corrected chi connectivity index (χ0v) is 16.5. The lowest BCUT2D eigenvalue weighted by Crippen LogP contribution is -2.19. The first-order chi connectivity index (χ1) is 15.1. The number of rotatable bonds is 11. The van der Waals surface area contributed by atoms with E-state index in [4.69, 9.17) is 9.47 Å². The number of benzene rings is 2. The number of carbonyl (C=O) groups excluding carboxylic acids is 4. The van der Waals surface area contributed by atoms with Gasteiger partial charge in [0.25, 0.3) is 0 Å². The largest absolute Gasteiger partial charge is 0.449 e. The summed E-state index contributed by atoms with van der Waals surface area (Å²) in [6.45, 7) is 0.425. The number of nitrogens with one attached hydrogen (secondary N) is 2. The van der Waals surface area contributed by atoms with Crippen molar-refractivity contribution in [2.75, 3.05) is 30.5 Å². The van der Waals surface area contributed by atoms with Gasteiger partial charge in [0, 0.05) is 18.0 Å². The highest BCUT2D eigenvalue weighted by molar-refractivity contribution is 5.91. The van der Waals surface area contributed by atoms with Crippen molar-refractivity contribution in [3.8, 4) is 0 Å². The van der Waals surface area contributed by atoms with Crippen LogP contribution in [0.4, 0.5) is 27.5 Å². The minimum atomic E-state index is -0.600. The number of ether oxygens (including phenoxy) is 2. The van der Waals surface area contributed by atoms with Gasteiger partial charge in [0.2, 0.25) is 18.1 Å². The maximum absolute atomic E-state index is 11.8. The molecule has 2 aromatic rings. The molecule has 0 saturated carbocycles. The smallest absolute Gasteiger partial charge is 0.411 e. The van der Waals surface area contributed by atoms with Crippen molar-refractivity contribution in [2.45, 2.75) is 12.8 Å². The molecule has 0 aliphatic heterocycles. The second-order valence-corrected chi connectivity index (χ2v) is 6.07. The normalized spacial score (nSPS) is 9.68. The monoisotopic (exact) mass is 424 g/mol. The van der Waals surface area contributed by atoms with Crippen molar-refractivity contribution in [2.24, 2.45) is 9.98 Å². The van der Waals surface area contributed by atoms with Gasteiger partial charge in [-0.15, -0.1) is 0 Å². The summed E-state index contributed by atoms with van der Waals surface area (Å²) in [5.41, 5.74) is 1.95. The number of hydrogen-bond donors (Lipinski definition) is 2. The highest BCUT2D eigenvalue weighted by atomic mass is 16.5. The van der Waals surface area contributed by atoms with Crippen LogP contribution in [0.5, 0.6) is 0 Å². The Bertz CT molecular complexity index is 883. The number of anilines is 2. The SMILES string of the molecule is O=C=Nc1ccc(NC(=O)COCCCCOC(=O)Nc2ccc(N=C=O)cc2)cc1. The summed E-state index contributed by atoms with van der Waals surface area (Å²) in [5, 5.41) is 5.21. The van der Waals surface area contributed by atoms with Crippen LogP contribution in [0.2, 0.25) is 0 Å². The lowest BCUT2D eigenvalue weighted by molar-refractivity contribution is -0.120. The quantitative estimate of drug-likeness (QED) is 0.321. The molecule has 0 spiro atoms. The summed E-state index contributed by atoms with van der Waals surface area (Å²) < 4.78 is 10.3. The molecular weight excluding hydrogens is 404 g/mol. The van der Waals surface area contributed by atoms with Crippen LogP contribution in [0.15, 0.2) is 58.5 Å². The summed E-state index contributed by atoms with van der Waals surface area (Å²) in [5.74, 6) is -0.313. The van der Waals surface area contributed by atoms with Crippen LogP contribution < -0.4 is 10.6 Å². The van der Waals surface area contributed by atoms with E-state index < -0.39 is 6.09 Å². The van der Waals surface area contributed by atoms with Gasteiger partial charge in [-0.25, -0.2) is 14.4 Å². The van der Waals surface area contributed by atoms with Gasteiger partial charge in [-0.2, -0.15) is 9.98 Å². The van der Waals surface area contributed by atoms with E-state index in [0.29, 0.717) is 42.2 Å². The second kappa shape index (κ2) is 13.2. The van der Waals surface area contributed by atoms with E-state index in [-0.39, 0.29) is 19.1 Å². The third-order valence-electron chi connectivity index (χ3n) is 3.76. The highest BCUT2D eigenvalue weighted by Crippen LogP contribution is 2.16. The van der Waals surface area contributed by atoms with E-state index in [1.807, 2.05) is 0 Å². The summed E-state index contributed by atoms with van der Waals surface area (Å²) in [6.07, 6.45) is 3.45. The van der Waals surface area contributed by atoms with Crippen LogP contribution in [0.25, 0.3) is 0 Å². The van der Waals surface area contributed by atoms with Gasteiger partial charge >= 0.3 is 6.09 Å². The number of unbranched alkanes of at least 4 members (excludes halogenated alkanes) is 1. The maximum Gasteiger partial charge on any atom is 0.411 e. The fourth-order valence-electron chi connectivity index (χ4n) is 2.33. The van der Waals surface area contributed by atoms with E-state index in [0.717, 1.165) is 0 Å². The first-order valence-corrected chi connectivity index (χ1v) is 9.28. The molecule has 10 heteroatoms. The third-order valence-corrected chi connectivity index (χ3v) is 3.76. The maximum atomic E-state index is 11.8. The standard InChI is InChI=1S/C21H20N4O6/c26-14-22-16-3-7-18(8-4-16)24-20(28)13-30-11-1-2-12-31-21(29)25-19-9-5-17(6-10-19)23-15-27/h3-10H,1-2,11-13H2,(H,24,28)(H,25,29). The Morgan fingerprint density at radius 2 is 1.29 bits per heavy atom. The predicted molar refractivity (Wildman–Crippen MR) is 112 cm³/mol. The lowest BCUT2D eigenvalue weighted by Gasteiger charge is -2.08. The minimum absolute atomic E-state index is 0.111. The summed E-state index contributed by atoms with van der Waals surface area (Å²) in [6, 6.07) is 12.7. The Balaban J connectivity index is 1.53. The molecule has 2 amide bonds. The molecule has 0 aromatic heterocycles. The molecule has 2 N–H and O–H groups in total. The number of isocyanates is 2. The molecule has 31 heavy (non-hydrogen) atoms. The molecule has 10 nitrogen and oxygen atoms in total. The van der Waals surface area contributed by atoms with Crippen molar-refractivity contribution in [1.82, 2.24) is 0 Å². The Hall–Kier alpha value is -4.10. The molecule has 0 radical (unpaired) electrons. The van der Waals surface area contributed by atoms with E-state index in [2.05, 4.69) is 20.6 Å². The summed E-state index contributed by atoms with van der Waals surface area (Å²) in [7, 11) is 0. The lowest BCUT2D eigenvalue weighted by atomic mass is 10.3. The Morgan fingerprint density at radius 1 is 0.774 bits per heavy atom. The van der Waals surface area contributed by atoms with Crippen LogP contribution >= 0.6 is 0 Å². The zero-order valence-electron chi connectivity index (χ0n) is 16.5. The van der Waals surface area contributed by atoms with Gasteiger partial charge in [0.15, 0.2) is 0 Å². The van der Waals surface area contributed by atoms with Gasteiger partial charge in [-0.05, 0) is 61.4 Å². The average Bonchev–Trinajstić information content (AvgIpc) is 2.76. The van der Waals surface area contributed by atoms with Crippen LogP contribution in [0.1, 0.15) is 12.8 Å². The van der Waals surface area contributed by atoms with E-state index in [9.17, 15) is 19.2 Å². The van der Waals surface area contributed by atoms with Crippen LogP contribution in [-0.4, -0.2) is 44.0 Å². The van der Waals surface area contributed by atoms with Crippen molar-refractivity contribution < 1.29 is 28.7 Å². The van der Waals surface area contributed by atoms with Crippen LogP contribution in [0, 0.1) is 0 Å². The molecular formula is C21H20N4O6. The molecule has 0 heterocycles. The minimum Gasteiger partial charge on any atom is -0.449 e. The van der Waals surface area contributed by atoms with Crippen LogP contribution in [-0.2, 0) is 23.9 Å². The molecule has 0 atom stereocenters. The van der Waals surface area contributed by atoms with Gasteiger partial charge < -0.3 is 14.8 Å². The van der Waals surface area contributed by atoms with E-state index in [1.54, 1.807) is 48.5 Å². The summed E-state index contributed by atoms with van der Waals surface area (Å²) in [4.78, 5) is 50.8.